The quantitative estimate of drug-likeness (QED) is 0.202. The molecule has 8 heteroatoms. The van der Waals surface area contributed by atoms with Gasteiger partial charge in [0.2, 0.25) is 5.78 Å². The number of esters is 1. The van der Waals surface area contributed by atoms with Crippen molar-refractivity contribution in [3.05, 3.63) is 47.2 Å². The van der Waals surface area contributed by atoms with Crippen LogP contribution in [-0.4, -0.2) is 40.0 Å². The van der Waals surface area contributed by atoms with E-state index in [2.05, 4.69) is 5.32 Å². The summed E-state index contributed by atoms with van der Waals surface area (Å²) in [4.78, 5) is 48.3. The monoisotopic (exact) mass is 378 g/mol. The van der Waals surface area contributed by atoms with Crippen LogP contribution in [0.2, 0.25) is 0 Å². The fraction of sp³-hybridized carbons (Fsp3) is 0.333. The molecule has 1 saturated heterocycles. The molecule has 2 amide bonds. The number of nitrogens with one attached hydrogen (secondary N) is 1. The number of halogens is 1. The Morgan fingerprint density at radius 3 is 2.27 bits per heavy atom. The van der Waals surface area contributed by atoms with Gasteiger partial charge in [-0.1, -0.05) is 41.9 Å². The van der Waals surface area contributed by atoms with Crippen molar-refractivity contribution in [1.29, 1.82) is 0 Å². The highest BCUT2D eigenvalue weighted by atomic mass is 35.5. The van der Waals surface area contributed by atoms with Gasteiger partial charge in [-0.3, -0.25) is 19.3 Å². The molecule has 1 aromatic carbocycles. The lowest BCUT2D eigenvalue weighted by molar-refractivity contribution is -0.154. The van der Waals surface area contributed by atoms with Crippen LogP contribution >= 0.6 is 11.6 Å². The Balaban J connectivity index is 2.07. The zero-order valence-corrected chi connectivity index (χ0v) is 15.4. The Hall–Kier alpha value is -2.67. The first-order valence-corrected chi connectivity index (χ1v) is 8.34. The summed E-state index contributed by atoms with van der Waals surface area (Å²) in [6, 6.07) is 8.04. The van der Waals surface area contributed by atoms with E-state index >= 15 is 0 Å². The summed E-state index contributed by atoms with van der Waals surface area (Å²) >= 11 is 6.16. The second kappa shape index (κ2) is 8.14. The molecule has 1 aromatic rings. The van der Waals surface area contributed by atoms with Crippen molar-refractivity contribution in [2.45, 2.75) is 38.9 Å². The number of allylic oxidation sites excluding steroid dienone is 1. The molecule has 0 radical (unpaired) electrons. The second-order valence-corrected chi connectivity index (χ2v) is 6.45. The number of ether oxygens (including phenoxy) is 1. The highest BCUT2D eigenvalue weighted by Gasteiger charge is 2.51. The summed E-state index contributed by atoms with van der Waals surface area (Å²) in [6.45, 7) is 4.44. The van der Waals surface area contributed by atoms with Gasteiger partial charge in [-0.25, -0.2) is 4.79 Å². The first-order chi connectivity index (χ1) is 12.2. The number of β-lactam (4-membered cyclic amide) rings is 1. The number of ketones is 1. The van der Waals surface area contributed by atoms with E-state index in [1.807, 2.05) is 30.3 Å². The molecule has 1 aliphatic rings. The van der Waals surface area contributed by atoms with Gasteiger partial charge >= 0.3 is 5.97 Å². The summed E-state index contributed by atoms with van der Waals surface area (Å²) in [6.07, 6.45) is 0. The lowest BCUT2D eigenvalue weighted by atomic mass is 10.0. The van der Waals surface area contributed by atoms with Crippen molar-refractivity contribution < 1.29 is 23.9 Å². The Labute approximate surface area is 155 Å². The molecule has 1 aliphatic heterocycles. The first-order valence-electron chi connectivity index (χ1n) is 7.91. The number of carbonyl (C=O) groups is 4. The number of carbonyl (C=O) groups excluding carboxylic acids is 4. The van der Waals surface area contributed by atoms with Crippen LogP contribution in [0.25, 0.3) is 0 Å². The lowest BCUT2D eigenvalue weighted by Crippen LogP contribution is -2.69. The van der Waals surface area contributed by atoms with Gasteiger partial charge in [0.15, 0.2) is 0 Å². The molecule has 1 fully saturated rings. The van der Waals surface area contributed by atoms with Crippen LogP contribution in [0.3, 0.4) is 0 Å². The maximum atomic E-state index is 12.4. The molecule has 0 saturated carbocycles. The average molecular weight is 379 g/mol. The number of hydrogen-bond acceptors (Lipinski definition) is 5. The Morgan fingerprint density at radius 1 is 1.15 bits per heavy atom. The predicted molar refractivity (Wildman–Crippen MR) is 93.7 cm³/mol. The molecule has 1 N–H and O–H groups in total. The van der Waals surface area contributed by atoms with E-state index in [0.717, 1.165) is 17.4 Å². The number of hydrogen-bond donors (Lipinski definition) is 1. The molecule has 0 bridgehead atoms. The smallest absolute Gasteiger partial charge is 0.355 e. The molecule has 1 heterocycles. The maximum absolute atomic E-state index is 12.4. The molecular weight excluding hydrogens is 360 g/mol. The largest absolute Gasteiger partial charge is 0.456 e. The summed E-state index contributed by atoms with van der Waals surface area (Å²) in [7, 11) is 0. The van der Waals surface area contributed by atoms with Crippen molar-refractivity contribution >= 4 is 35.2 Å². The highest BCUT2D eigenvalue weighted by Crippen LogP contribution is 2.30. The van der Waals surface area contributed by atoms with Crippen LogP contribution in [0.15, 0.2) is 41.6 Å². The first kappa shape index (κ1) is 19.7. The van der Waals surface area contributed by atoms with E-state index in [1.165, 1.54) is 0 Å². The Morgan fingerprint density at radius 2 is 1.77 bits per heavy atom. The molecule has 2 rings (SSSR count). The van der Waals surface area contributed by atoms with Gasteiger partial charge in [0.1, 0.15) is 23.8 Å². The number of likely N-dealkylation sites (tertiary alicyclic amines) is 1. The van der Waals surface area contributed by atoms with Gasteiger partial charge in [0.05, 0.1) is 0 Å². The van der Waals surface area contributed by atoms with Crippen LogP contribution < -0.4 is 5.32 Å². The number of Topliss-reactive ketones (excluding diaryl/α,β-unsaturated/α-hetero) is 1. The van der Waals surface area contributed by atoms with E-state index in [9.17, 15) is 19.2 Å². The summed E-state index contributed by atoms with van der Waals surface area (Å²) in [5.74, 6) is -2.90. The number of benzene rings is 1. The van der Waals surface area contributed by atoms with Gasteiger partial charge in [0, 0.05) is 6.92 Å². The van der Waals surface area contributed by atoms with Gasteiger partial charge in [-0.15, -0.1) is 0 Å². The van der Waals surface area contributed by atoms with Gasteiger partial charge in [-0.05, 0) is 25.0 Å². The minimum atomic E-state index is -1.07. The Kier molecular flexibility index (Phi) is 6.15. The fourth-order valence-electron chi connectivity index (χ4n) is 2.40. The van der Waals surface area contributed by atoms with Crippen LogP contribution in [0.5, 0.6) is 0 Å². The van der Waals surface area contributed by atoms with Crippen LogP contribution in [0, 0.1) is 0 Å². The van der Waals surface area contributed by atoms with Crippen molar-refractivity contribution in [1.82, 2.24) is 10.2 Å². The van der Waals surface area contributed by atoms with E-state index in [4.69, 9.17) is 16.3 Å². The molecule has 0 aliphatic carbocycles. The number of rotatable bonds is 6. The maximum Gasteiger partial charge on any atom is 0.355 e. The number of alkyl halides is 1. The lowest BCUT2D eigenvalue weighted by Gasteiger charge is -2.44. The van der Waals surface area contributed by atoms with Crippen molar-refractivity contribution in [3.8, 4) is 0 Å². The molecule has 7 nitrogen and oxygen atoms in total. The number of nitrogens with zero attached hydrogens (tertiary/aromatic N) is 1. The third-order valence-electron chi connectivity index (χ3n) is 3.75. The van der Waals surface area contributed by atoms with Crippen LogP contribution in [-0.2, 0) is 30.5 Å². The van der Waals surface area contributed by atoms with Crippen LogP contribution in [0.4, 0.5) is 0 Å². The van der Waals surface area contributed by atoms with Crippen molar-refractivity contribution in [2.75, 3.05) is 0 Å². The summed E-state index contributed by atoms with van der Waals surface area (Å²) in [5.41, 5.74) is 0.385. The van der Waals surface area contributed by atoms with Crippen molar-refractivity contribution in [2.24, 2.45) is 0 Å². The zero-order chi connectivity index (χ0) is 19.4. The van der Waals surface area contributed by atoms with Gasteiger partial charge in [-0.2, -0.15) is 0 Å². The topological polar surface area (TPSA) is 92.8 Å². The molecule has 0 unspecified atom stereocenters. The Bertz CT molecular complexity index is 771. The van der Waals surface area contributed by atoms with E-state index in [0.29, 0.717) is 5.57 Å². The second-order valence-electron chi connectivity index (χ2n) is 6.00. The van der Waals surface area contributed by atoms with Crippen LogP contribution in [0.1, 0.15) is 26.3 Å². The molecule has 138 valence electrons. The number of amides is 2. The third-order valence-corrected chi connectivity index (χ3v) is 4.20. The normalized spacial score (nSPS) is 18.6. The molecule has 2 atom stereocenters. The van der Waals surface area contributed by atoms with Gasteiger partial charge in [0.25, 0.3) is 11.8 Å². The predicted octanol–water partition coefficient (Wildman–Crippen LogP) is 1.50. The molecule has 26 heavy (non-hydrogen) atoms. The minimum Gasteiger partial charge on any atom is -0.456 e. The zero-order valence-electron chi connectivity index (χ0n) is 14.6. The van der Waals surface area contributed by atoms with E-state index in [-0.39, 0.29) is 12.3 Å². The SMILES string of the molecule is CC(=O)C(=O)N[C@H]1C(=O)N(C(C(=O)OCc2ccccc2)=C(C)C)[C@@H]1Cl. The molecular formula is C18H19ClN2O5. The van der Waals surface area contributed by atoms with Crippen molar-refractivity contribution in [3.63, 3.8) is 0 Å². The molecule has 0 spiro atoms. The highest BCUT2D eigenvalue weighted by molar-refractivity contribution is 6.36. The third kappa shape index (κ3) is 4.11. The summed E-state index contributed by atoms with van der Waals surface area (Å²) < 4.78 is 5.27. The molecule has 0 aromatic heterocycles. The van der Waals surface area contributed by atoms with E-state index in [1.54, 1.807) is 13.8 Å². The minimum absolute atomic E-state index is 0.0271. The average Bonchev–Trinajstić information content (AvgIpc) is 2.61. The standard InChI is InChI=1S/C18H19ClN2O5/c1-10(2)14(18(25)26-9-12-7-5-4-6-8-12)21-15(19)13(17(21)24)20-16(23)11(3)22/h4-8,13,15H,9H2,1-3H3,(H,20,23)/t13-,15+/m1/s1. The fourth-order valence-corrected chi connectivity index (χ4v) is 2.76. The van der Waals surface area contributed by atoms with Gasteiger partial charge < -0.3 is 10.1 Å². The summed E-state index contributed by atoms with van der Waals surface area (Å²) in [5, 5.41) is 2.25. The van der Waals surface area contributed by atoms with E-state index < -0.39 is 35.1 Å².